The number of hydrogen-bond acceptors (Lipinski definition) is 4. The molecule has 222 valence electrons. The number of allylic oxidation sites excluding steroid dienone is 4. The molecule has 47 heavy (non-hydrogen) atoms. The molecule has 1 unspecified atom stereocenters. The molecule has 1 atom stereocenters. The van der Waals surface area contributed by atoms with Gasteiger partial charge in [-0.3, -0.25) is 0 Å². The van der Waals surface area contributed by atoms with Gasteiger partial charge in [0.2, 0.25) is 0 Å². The van der Waals surface area contributed by atoms with E-state index in [2.05, 4.69) is 138 Å². The van der Waals surface area contributed by atoms with Gasteiger partial charge in [-0.1, -0.05) is 90.6 Å². The van der Waals surface area contributed by atoms with Crippen molar-refractivity contribution in [2.24, 2.45) is 0 Å². The average molecular weight is 637 g/mol. The van der Waals surface area contributed by atoms with Crippen LogP contribution in [0.1, 0.15) is 29.0 Å². The minimum Gasteiger partial charge on any atom is -0.311 e. The molecule has 0 radical (unpaired) electrons. The lowest BCUT2D eigenvalue weighted by Crippen LogP contribution is -2.10. The average Bonchev–Trinajstić information content (AvgIpc) is 3.70. The molecule has 4 heteroatoms. The summed E-state index contributed by atoms with van der Waals surface area (Å²) < 4.78 is 2.64. The molecule has 0 bridgehead atoms. The number of fused-ring (bicyclic) bond motifs is 6. The summed E-state index contributed by atoms with van der Waals surface area (Å²) in [5.41, 5.74) is 10.3. The van der Waals surface area contributed by atoms with Gasteiger partial charge >= 0.3 is 0 Å². The number of thiophene rings is 1. The predicted molar refractivity (Wildman–Crippen MR) is 200 cm³/mol. The molecule has 0 spiro atoms. The quantitative estimate of drug-likeness (QED) is 0.188. The second-order valence-corrected chi connectivity index (χ2v) is 14.3. The molecule has 2 nitrogen and oxygen atoms in total. The smallest absolute Gasteiger partial charge is 0.0991 e. The monoisotopic (exact) mass is 636 g/mol. The minimum atomic E-state index is 0.448. The highest BCUT2D eigenvalue weighted by Crippen LogP contribution is 2.53. The molecule has 0 saturated carbocycles. The zero-order chi connectivity index (χ0) is 31.3. The van der Waals surface area contributed by atoms with E-state index < -0.39 is 0 Å². The zero-order valence-electron chi connectivity index (χ0n) is 25.4. The molecule has 0 fully saturated rings. The summed E-state index contributed by atoms with van der Waals surface area (Å²) in [7, 11) is 0. The lowest BCUT2D eigenvalue weighted by molar-refractivity contribution is 0.850. The van der Waals surface area contributed by atoms with Crippen molar-refractivity contribution >= 4 is 65.9 Å². The number of thioether (sulfide) groups is 1. The van der Waals surface area contributed by atoms with Gasteiger partial charge in [-0.05, 0) is 112 Å². The van der Waals surface area contributed by atoms with Crippen LogP contribution in [0.2, 0.25) is 0 Å². The molecule has 2 aliphatic rings. The van der Waals surface area contributed by atoms with Crippen molar-refractivity contribution in [3.8, 4) is 17.2 Å². The third kappa shape index (κ3) is 4.96. The number of nitrogens with zero attached hydrogens (tertiary/aromatic N) is 2. The van der Waals surface area contributed by atoms with Crippen LogP contribution >= 0.6 is 23.1 Å². The van der Waals surface area contributed by atoms with Crippen molar-refractivity contribution < 1.29 is 0 Å². The number of rotatable bonds is 5. The van der Waals surface area contributed by atoms with Gasteiger partial charge in [0.1, 0.15) is 0 Å². The highest BCUT2D eigenvalue weighted by molar-refractivity contribution is 8.03. The van der Waals surface area contributed by atoms with E-state index >= 15 is 0 Å². The van der Waals surface area contributed by atoms with Crippen LogP contribution in [0.5, 0.6) is 0 Å². The lowest BCUT2D eigenvalue weighted by atomic mass is 9.85. The van der Waals surface area contributed by atoms with Crippen LogP contribution in [0.25, 0.3) is 36.9 Å². The van der Waals surface area contributed by atoms with Crippen molar-refractivity contribution in [2.75, 3.05) is 4.90 Å². The second kappa shape index (κ2) is 11.5. The van der Waals surface area contributed by atoms with E-state index in [1.54, 1.807) is 0 Å². The van der Waals surface area contributed by atoms with Crippen LogP contribution < -0.4 is 4.90 Å². The van der Waals surface area contributed by atoms with Gasteiger partial charge in [0.05, 0.1) is 11.6 Å². The first-order chi connectivity index (χ1) is 23.2. The highest BCUT2D eigenvalue weighted by Gasteiger charge is 2.30. The summed E-state index contributed by atoms with van der Waals surface area (Å²) in [5, 5.41) is 12.1. The minimum absolute atomic E-state index is 0.448. The Kier molecular flexibility index (Phi) is 6.82. The molecule has 6 aromatic carbocycles. The zero-order valence-corrected chi connectivity index (χ0v) is 27.1. The normalized spacial score (nSPS) is 15.1. The third-order valence-corrected chi connectivity index (χ3v) is 11.7. The Morgan fingerprint density at radius 3 is 2.00 bits per heavy atom. The molecular weight excluding hydrogens is 609 g/mol. The lowest BCUT2D eigenvalue weighted by Gasteiger charge is -2.26. The summed E-state index contributed by atoms with van der Waals surface area (Å²) in [6.45, 7) is 0. The van der Waals surface area contributed by atoms with E-state index in [1.807, 2.05) is 47.4 Å². The van der Waals surface area contributed by atoms with Gasteiger partial charge < -0.3 is 4.90 Å². The Morgan fingerprint density at radius 1 is 0.596 bits per heavy atom. The summed E-state index contributed by atoms with van der Waals surface area (Å²) in [4.78, 5) is 5.10. The third-order valence-electron chi connectivity index (χ3n) is 9.32. The van der Waals surface area contributed by atoms with Crippen LogP contribution in [-0.4, -0.2) is 0 Å². The molecule has 0 amide bonds. The largest absolute Gasteiger partial charge is 0.311 e. The van der Waals surface area contributed by atoms with Crippen molar-refractivity contribution in [1.29, 1.82) is 5.26 Å². The maximum Gasteiger partial charge on any atom is 0.0991 e. The Hall–Kier alpha value is -5.34. The molecule has 0 saturated heterocycles. The van der Waals surface area contributed by atoms with Crippen molar-refractivity contribution in [1.82, 2.24) is 0 Å². The highest BCUT2D eigenvalue weighted by atomic mass is 32.2. The van der Waals surface area contributed by atoms with Crippen LogP contribution in [0.15, 0.2) is 161 Å². The second-order valence-electron chi connectivity index (χ2n) is 12.1. The van der Waals surface area contributed by atoms with E-state index in [9.17, 15) is 5.26 Å². The van der Waals surface area contributed by atoms with E-state index in [0.717, 1.165) is 23.5 Å². The van der Waals surface area contributed by atoms with Crippen molar-refractivity contribution in [3.63, 3.8) is 0 Å². The molecule has 2 heterocycles. The van der Waals surface area contributed by atoms with Gasteiger partial charge in [0, 0.05) is 48.0 Å². The molecule has 1 aliphatic heterocycles. The number of anilines is 3. The van der Waals surface area contributed by atoms with Crippen molar-refractivity contribution in [2.45, 2.75) is 17.2 Å². The predicted octanol–water partition coefficient (Wildman–Crippen LogP) is 12.6. The maximum atomic E-state index is 9.44. The van der Waals surface area contributed by atoms with E-state index in [0.29, 0.717) is 11.5 Å². The fourth-order valence-corrected chi connectivity index (χ4v) is 9.23. The van der Waals surface area contributed by atoms with Crippen LogP contribution in [0.3, 0.4) is 0 Å². The molecule has 9 rings (SSSR count). The van der Waals surface area contributed by atoms with Gasteiger partial charge in [-0.25, -0.2) is 0 Å². The molecule has 1 aromatic heterocycles. The van der Waals surface area contributed by atoms with E-state index in [1.165, 1.54) is 57.8 Å². The van der Waals surface area contributed by atoms with Gasteiger partial charge in [-0.2, -0.15) is 5.26 Å². The standard InChI is InChI=1S/C43H28N2S2/c44-27-28-9-17-33(18-10-28)45(34-19-11-29(12-20-34)31-15-23-42-38(25-31)36-5-1-3-7-40(36)46-42)35-21-13-30(14-22-35)32-16-24-43-39(26-32)37-6-2-4-8-41(37)47-43/h1-25,39H,26H2. The Morgan fingerprint density at radius 2 is 1.23 bits per heavy atom. The van der Waals surface area contributed by atoms with Crippen LogP contribution in [-0.2, 0) is 0 Å². The maximum absolute atomic E-state index is 9.44. The number of hydrogen-bond donors (Lipinski definition) is 0. The Labute approximate surface area is 282 Å². The van der Waals surface area contributed by atoms with Crippen molar-refractivity contribution in [3.05, 3.63) is 173 Å². The summed E-state index contributed by atoms with van der Waals surface area (Å²) in [6, 6.07) is 52.1. The number of benzene rings is 6. The van der Waals surface area contributed by atoms with Crippen LogP contribution in [0, 0.1) is 11.3 Å². The number of nitriles is 1. The molecule has 1 aliphatic carbocycles. The molecular formula is C43H28N2S2. The fourth-order valence-electron chi connectivity index (χ4n) is 6.92. The molecule has 7 aromatic rings. The van der Waals surface area contributed by atoms with Gasteiger partial charge in [0.25, 0.3) is 0 Å². The Bertz CT molecular complexity index is 2410. The first-order valence-corrected chi connectivity index (χ1v) is 17.5. The van der Waals surface area contributed by atoms with Crippen LogP contribution in [0.4, 0.5) is 17.1 Å². The van der Waals surface area contributed by atoms with Gasteiger partial charge in [0.15, 0.2) is 0 Å². The summed E-state index contributed by atoms with van der Waals surface area (Å²) in [5.74, 6) is 0.448. The topological polar surface area (TPSA) is 27.0 Å². The first kappa shape index (κ1) is 27.9. The van der Waals surface area contributed by atoms with E-state index in [-0.39, 0.29) is 0 Å². The summed E-state index contributed by atoms with van der Waals surface area (Å²) >= 11 is 3.76. The fraction of sp³-hybridized carbons (Fsp3) is 0.0465. The van der Waals surface area contributed by atoms with E-state index in [4.69, 9.17) is 0 Å². The Balaban J connectivity index is 1.04. The van der Waals surface area contributed by atoms with Gasteiger partial charge in [-0.15, -0.1) is 11.3 Å². The first-order valence-electron chi connectivity index (χ1n) is 15.8. The molecule has 0 N–H and O–H groups in total. The summed E-state index contributed by atoms with van der Waals surface area (Å²) in [6.07, 6.45) is 5.63. The SMILES string of the molecule is N#Cc1ccc(N(c2ccc(C3=CC=C4Sc5ccccc5C4C3)cc2)c2ccc(-c3ccc4sc5ccccc5c4c3)cc2)cc1.